The molecule has 0 saturated heterocycles. The standard InChI is InChI=1S/C8H15N3O3/c1-10(2)3-4-11-7(12)5-6(14-11)8(9)13/h5-6,12H,3-4H2,1-2H3,(H2,9,13). The molecule has 0 aliphatic carbocycles. The van der Waals surface area contributed by atoms with Crippen molar-refractivity contribution in [2.75, 3.05) is 27.2 Å². The summed E-state index contributed by atoms with van der Waals surface area (Å²) in [5.74, 6) is -0.667. The average molecular weight is 201 g/mol. The second-order valence-electron chi connectivity index (χ2n) is 3.36. The summed E-state index contributed by atoms with van der Waals surface area (Å²) in [7, 11) is 3.81. The fourth-order valence-corrected chi connectivity index (χ4v) is 1.03. The van der Waals surface area contributed by atoms with Crippen molar-refractivity contribution in [2.45, 2.75) is 6.10 Å². The predicted molar refractivity (Wildman–Crippen MR) is 50.0 cm³/mol. The van der Waals surface area contributed by atoms with Gasteiger partial charge in [0.2, 0.25) is 5.88 Å². The van der Waals surface area contributed by atoms with E-state index in [4.69, 9.17) is 10.6 Å². The molecule has 0 aromatic rings. The van der Waals surface area contributed by atoms with Crippen LogP contribution in [0.3, 0.4) is 0 Å². The summed E-state index contributed by atoms with van der Waals surface area (Å²) >= 11 is 0. The number of amides is 1. The highest BCUT2D eigenvalue weighted by Gasteiger charge is 2.27. The number of aliphatic hydroxyl groups excluding tert-OH is 1. The number of carbonyl (C=O) groups excluding carboxylic acids is 1. The maximum Gasteiger partial charge on any atom is 0.253 e. The predicted octanol–water partition coefficient (Wildman–Crippen LogP) is -0.951. The number of rotatable bonds is 4. The topological polar surface area (TPSA) is 79.0 Å². The monoisotopic (exact) mass is 201 g/mol. The van der Waals surface area contributed by atoms with Crippen molar-refractivity contribution in [1.29, 1.82) is 0 Å². The van der Waals surface area contributed by atoms with Gasteiger partial charge in [0.25, 0.3) is 5.91 Å². The Balaban J connectivity index is 2.44. The summed E-state index contributed by atoms with van der Waals surface area (Å²) in [5.41, 5.74) is 5.02. The van der Waals surface area contributed by atoms with Crippen molar-refractivity contribution in [3.05, 3.63) is 12.0 Å². The lowest BCUT2D eigenvalue weighted by Gasteiger charge is -2.20. The van der Waals surface area contributed by atoms with E-state index in [0.717, 1.165) is 0 Å². The van der Waals surface area contributed by atoms with E-state index in [1.54, 1.807) is 0 Å². The maximum absolute atomic E-state index is 10.7. The fraction of sp³-hybridized carbons (Fsp3) is 0.625. The molecule has 6 heteroatoms. The highest BCUT2D eigenvalue weighted by atomic mass is 16.7. The van der Waals surface area contributed by atoms with E-state index < -0.39 is 12.0 Å². The van der Waals surface area contributed by atoms with Crippen LogP contribution in [-0.4, -0.2) is 54.3 Å². The van der Waals surface area contributed by atoms with Gasteiger partial charge in [0, 0.05) is 12.6 Å². The van der Waals surface area contributed by atoms with E-state index >= 15 is 0 Å². The minimum atomic E-state index is -0.850. The zero-order valence-corrected chi connectivity index (χ0v) is 8.30. The Kier molecular flexibility index (Phi) is 3.32. The van der Waals surface area contributed by atoms with Crippen LogP contribution in [0.2, 0.25) is 0 Å². The molecule has 0 radical (unpaired) electrons. The molecule has 0 aromatic carbocycles. The van der Waals surface area contributed by atoms with Crippen molar-refractivity contribution in [3.63, 3.8) is 0 Å². The van der Waals surface area contributed by atoms with Gasteiger partial charge in [0.15, 0.2) is 6.10 Å². The Bertz CT molecular complexity index is 252. The Morgan fingerprint density at radius 2 is 2.43 bits per heavy atom. The van der Waals surface area contributed by atoms with Crippen LogP contribution < -0.4 is 5.73 Å². The summed E-state index contributed by atoms with van der Waals surface area (Å²) in [5, 5.41) is 10.6. The molecule has 1 unspecified atom stereocenters. The minimum Gasteiger partial charge on any atom is -0.493 e. The summed E-state index contributed by atoms with van der Waals surface area (Å²) in [6.45, 7) is 1.20. The Morgan fingerprint density at radius 3 is 2.86 bits per heavy atom. The minimum absolute atomic E-state index is 0.0596. The molecule has 80 valence electrons. The van der Waals surface area contributed by atoms with Crippen LogP contribution in [0.15, 0.2) is 12.0 Å². The number of hydrogen-bond acceptors (Lipinski definition) is 5. The van der Waals surface area contributed by atoms with Gasteiger partial charge in [-0.05, 0) is 14.1 Å². The van der Waals surface area contributed by atoms with Gasteiger partial charge in [0.05, 0.1) is 6.54 Å². The summed E-state index contributed by atoms with van der Waals surface area (Å²) in [6.07, 6.45) is 0.440. The molecule has 1 atom stereocenters. The van der Waals surface area contributed by atoms with Gasteiger partial charge < -0.3 is 15.7 Å². The Morgan fingerprint density at radius 1 is 1.79 bits per heavy atom. The molecule has 0 spiro atoms. The molecule has 1 rings (SSSR count). The highest BCUT2D eigenvalue weighted by Crippen LogP contribution is 2.15. The molecule has 3 N–H and O–H groups in total. The summed E-state index contributed by atoms with van der Waals surface area (Å²) in [6, 6.07) is 0. The van der Waals surface area contributed by atoms with E-state index in [1.807, 2.05) is 19.0 Å². The van der Waals surface area contributed by atoms with Crippen molar-refractivity contribution in [2.24, 2.45) is 5.73 Å². The first kappa shape index (κ1) is 10.8. The van der Waals surface area contributed by atoms with E-state index in [-0.39, 0.29) is 5.88 Å². The molecule has 1 aliphatic heterocycles. The molecule has 1 aliphatic rings. The third-order valence-electron chi connectivity index (χ3n) is 1.83. The Hall–Kier alpha value is -1.27. The molecular formula is C8H15N3O3. The molecule has 0 saturated carbocycles. The fourth-order valence-electron chi connectivity index (χ4n) is 1.03. The van der Waals surface area contributed by atoms with Gasteiger partial charge in [-0.15, -0.1) is 0 Å². The quantitative estimate of drug-likeness (QED) is 0.613. The largest absolute Gasteiger partial charge is 0.493 e. The van der Waals surface area contributed by atoms with Crippen LogP contribution in [-0.2, 0) is 9.63 Å². The lowest BCUT2D eigenvalue weighted by Crippen LogP contribution is -2.34. The van der Waals surface area contributed by atoms with Crippen LogP contribution in [0.5, 0.6) is 0 Å². The van der Waals surface area contributed by atoms with E-state index in [0.29, 0.717) is 13.1 Å². The normalized spacial score (nSPS) is 21.5. The van der Waals surface area contributed by atoms with Crippen LogP contribution in [0.1, 0.15) is 0 Å². The number of hydroxylamine groups is 2. The molecule has 0 fully saturated rings. The van der Waals surface area contributed by atoms with E-state index in [1.165, 1.54) is 11.1 Å². The van der Waals surface area contributed by atoms with Crippen molar-refractivity contribution in [1.82, 2.24) is 9.96 Å². The lowest BCUT2D eigenvalue weighted by molar-refractivity contribution is -0.169. The van der Waals surface area contributed by atoms with Crippen LogP contribution >= 0.6 is 0 Å². The molecule has 1 heterocycles. The first-order valence-corrected chi connectivity index (χ1v) is 4.30. The smallest absolute Gasteiger partial charge is 0.253 e. The van der Waals surface area contributed by atoms with Crippen molar-refractivity contribution >= 4 is 5.91 Å². The molecule has 1 amide bonds. The number of nitrogens with zero attached hydrogens (tertiary/aromatic N) is 2. The molecule has 0 bridgehead atoms. The number of aliphatic hydroxyl groups is 1. The molecule has 14 heavy (non-hydrogen) atoms. The Labute approximate surface area is 82.5 Å². The van der Waals surface area contributed by atoms with Gasteiger partial charge >= 0.3 is 0 Å². The van der Waals surface area contributed by atoms with Gasteiger partial charge in [-0.25, -0.2) is 5.06 Å². The van der Waals surface area contributed by atoms with Crippen LogP contribution in [0.4, 0.5) is 0 Å². The summed E-state index contributed by atoms with van der Waals surface area (Å²) < 4.78 is 0. The highest BCUT2D eigenvalue weighted by molar-refractivity contribution is 5.81. The third kappa shape index (κ3) is 2.61. The maximum atomic E-state index is 10.7. The summed E-state index contributed by atoms with van der Waals surface area (Å²) in [4.78, 5) is 17.7. The number of primary amides is 1. The zero-order chi connectivity index (χ0) is 10.7. The second kappa shape index (κ2) is 4.30. The lowest BCUT2D eigenvalue weighted by atomic mass is 10.3. The zero-order valence-electron chi connectivity index (χ0n) is 8.30. The van der Waals surface area contributed by atoms with Gasteiger partial charge in [0.1, 0.15) is 0 Å². The number of likely N-dealkylation sites (N-methyl/N-ethyl adjacent to an activating group) is 1. The van der Waals surface area contributed by atoms with E-state index in [2.05, 4.69) is 0 Å². The third-order valence-corrected chi connectivity index (χ3v) is 1.83. The molecule has 0 aromatic heterocycles. The second-order valence-corrected chi connectivity index (χ2v) is 3.36. The van der Waals surface area contributed by atoms with Crippen molar-refractivity contribution < 1.29 is 14.7 Å². The van der Waals surface area contributed by atoms with Crippen LogP contribution in [0, 0.1) is 0 Å². The number of hydrogen-bond donors (Lipinski definition) is 2. The SMILES string of the molecule is CN(C)CCN1OC(C(N)=O)C=C1O. The van der Waals surface area contributed by atoms with E-state index in [9.17, 15) is 9.90 Å². The molecule has 6 nitrogen and oxygen atoms in total. The van der Waals surface area contributed by atoms with Gasteiger partial charge in [-0.2, -0.15) is 0 Å². The molecular weight excluding hydrogens is 186 g/mol. The van der Waals surface area contributed by atoms with Gasteiger partial charge in [-0.3, -0.25) is 9.63 Å². The van der Waals surface area contributed by atoms with Gasteiger partial charge in [-0.1, -0.05) is 0 Å². The number of nitrogens with two attached hydrogens (primary N) is 1. The first-order valence-electron chi connectivity index (χ1n) is 4.30. The van der Waals surface area contributed by atoms with Crippen molar-refractivity contribution in [3.8, 4) is 0 Å². The van der Waals surface area contributed by atoms with Crippen LogP contribution in [0.25, 0.3) is 0 Å². The first-order chi connectivity index (χ1) is 6.50. The number of carbonyl (C=O) groups is 1. The average Bonchev–Trinajstić information content (AvgIpc) is 2.43.